The minimum absolute atomic E-state index is 0.0402. The van der Waals surface area contributed by atoms with Crippen LogP contribution in [0.3, 0.4) is 0 Å². The molecule has 0 aliphatic heterocycles. The highest BCUT2D eigenvalue weighted by Crippen LogP contribution is 1.72. The van der Waals surface area contributed by atoms with Crippen LogP contribution in [0.2, 0.25) is 0 Å². The van der Waals surface area contributed by atoms with Crippen molar-refractivity contribution in [1.29, 1.82) is 0 Å². The average Bonchev–Trinajstić information content (AvgIpc) is 1.92. The molecule has 0 aliphatic carbocycles. The van der Waals surface area contributed by atoms with E-state index in [0.29, 0.717) is 13.2 Å². The van der Waals surface area contributed by atoms with Crippen molar-refractivity contribution >= 4 is 5.78 Å². The molecule has 10 heavy (non-hydrogen) atoms. The van der Waals surface area contributed by atoms with Gasteiger partial charge in [0.25, 0.3) is 0 Å². The highest BCUT2D eigenvalue weighted by atomic mass is 16.5. The summed E-state index contributed by atoms with van der Waals surface area (Å²) in [6, 6.07) is 0. The summed E-state index contributed by atoms with van der Waals surface area (Å²) in [6.45, 7) is 6.63. The topological polar surface area (TPSA) is 52.3 Å². The molecule has 3 nitrogen and oxygen atoms in total. The van der Waals surface area contributed by atoms with Gasteiger partial charge in [-0.25, -0.2) is 0 Å². The van der Waals surface area contributed by atoms with Crippen molar-refractivity contribution < 1.29 is 9.53 Å². The van der Waals surface area contributed by atoms with E-state index in [-0.39, 0.29) is 12.4 Å². The largest absolute Gasteiger partial charge is 0.372 e. The van der Waals surface area contributed by atoms with Crippen molar-refractivity contribution in [1.82, 2.24) is 0 Å². The first-order valence-corrected chi connectivity index (χ1v) is 3.54. The Labute approximate surface area is 62.5 Å². The lowest BCUT2D eigenvalue weighted by atomic mass is 10.5. The Hall–Kier alpha value is -0.410. The summed E-state index contributed by atoms with van der Waals surface area (Å²) >= 11 is 0. The Morgan fingerprint density at radius 3 is 2.30 bits per heavy atom. The summed E-state index contributed by atoms with van der Waals surface area (Å²) in [5, 5.41) is 0. The average molecular weight is 147 g/mol. The zero-order valence-electron chi connectivity index (χ0n) is 7.02. The summed E-state index contributed by atoms with van der Waals surface area (Å²) in [5.74, 6) is 0.0402. The first kappa shape index (κ1) is 12.3. The molecule has 0 atom stereocenters. The van der Waals surface area contributed by atoms with Crippen LogP contribution in [0.25, 0.3) is 0 Å². The molecule has 0 aliphatic rings. The molecule has 0 bridgehead atoms. The first-order valence-electron chi connectivity index (χ1n) is 3.54. The number of hydrogen-bond donors (Lipinski definition) is 1. The van der Waals surface area contributed by atoms with E-state index in [1.807, 2.05) is 13.8 Å². The van der Waals surface area contributed by atoms with E-state index in [4.69, 9.17) is 10.5 Å². The SMILES string of the molecule is CC.CC(=O)COCCN. The van der Waals surface area contributed by atoms with Crippen molar-refractivity contribution in [3.63, 3.8) is 0 Å². The third-order valence-corrected chi connectivity index (χ3v) is 0.568. The zero-order valence-corrected chi connectivity index (χ0v) is 7.02. The van der Waals surface area contributed by atoms with Gasteiger partial charge in [-0.05, 0) is 6.92 Å². The molecule has 0 fully saturated rings. The number of rotatable bonds is 4. The number of ketones is 1. The Bertz CT molecular complexity index is 74.0. The van der Waals surface area contributed by atoms with Gasteiger partial charge in [-0.3, -0.25) is 4.79 Å². The summed E-state index contributed by atoms with van der Waals surface area (Å²) in [7, 11) is 0. The van der Waals surface area contributed by atoms with Crippen molar-refractivity contribution in [3.8, 4) is 0 Å². The summed E-state index contributed by atoms with van der Waals surface area (Å²) in [5.41, 5.74) is 5.08. The maximum absolute atomic E-state index is 10.2. The molecule has 0 radical (unpaired) electrons. The van der Waals surface area contributed by atoms with Crippen LogP contribution < -0.4 is 5.73 Å². The van der Waals surface area contributed by atoms with E-state index in [1.54, 1.807) is 0 Å². The van der Waals surface area contributed by atoms with Gasteiger partial charge in [0, 0.05) is 6.54 Å². The highest BCUT2D eigenvalue weighted by Gasteiger charge is 1.88. The quantitative estimate of drug-likeness (QED) is 0.592. The number of carbonyl (C=O) groups is 1. The number of carbonyl (C=O) groups excluding carboxylic acids is 1. The van der Waals surface area contributed by atoms with E-state index < -0.39 is 0 Å². The monoisotopic (exact) mass is 147 g/mol. The van der Waals surface area contributed by atoms with Crippen LogP contribution in [0.4, 0.5) is 0 Å². The number of ether oxygens (including phenoxy) is 1. The predicted octanol–water partition coefficient (Wildman–Crippen LogP) is 0.577. The Morgan fingerprint density at radius 1 is 1.50 bits per heavy atom. The van der Waals surface area contributed by atoms with Gasteiger partial charge in [0.2, 0.25) is 0 Å². The van der Waals surface area contributed by atoms with Gasteiger partial charge in [-0.2, -0.15) is 0 Å². The van der Waals surface area contributed by atoms with Crippen LogP contribution in [-0.2, 0) is 9.53 Å². The van der Waals surface area contributed by atoms with E-state index in [2.05, 4.69) is 0 Å². The standard InChI is InChI=1S/C5H11NO2.C2H6/c1-5(7)4-8-3-2-6;1-2/h2-4,6H2,1H3;1-2H3. The number of hydrogen-bond acceptors (Lipinski definition) is 3. The van der Waals surface area contributed by atoms with Crippen LogP contribution in [0.5, 0.6) is 0 Å². The van der Waals surface area contributed by atoms with Crippen molar-refractivity contribution in [3.05, 3.63) is 0 Å². The minimum Gasteiger partial charge on any atom is -0.372 e. The molecule has 0 aromatic rings. The maximum atomic E-state index is 10.2. The van der Waals surface area contributed by atoms with Gasteiger partial charge < -0.3 is 10.5 Å². The summed E-state index contributed by atoms with van der Waals surface area (Å²) in [4.78, 5) is 10.2. The third-order valence-electron chi connectivity index (χ3n) is 0.568. The van der Waals surface area contributed by atoms with E-state index in [1.165, 1.54) is 6.92 Å². The van der Waals surface area contributed by atoms with Crippen LogP contribution in [-0.4, -0.2) is 25.5 Å². The molecule has 0 aromatic heterocycles. The van der Waals surface area contributed by atoms with Gasteiger partial charge in [0.05, 0.1) is 6.61 Å². The van der Waals surface area contributed by atoms with Gasteiger partial charge in [0.15, 0.2) is 5.78 Å². The molecule has 0 spiro atoms. The smallest absolute Gasteiger partial charge is 0.155 e. The molecule has 0 heterocycles. The molecule has 62 valence electrons. The third kappa shape index (κ3) is 15.6. The lowest BCUT2D eigenvalue weighted by molar-refractivity contribution is -0.121. The number of nitrogens with two attached hydrogens (primary N) is 1. The van der Waals surface area contributed by atoms with Crippen LogP contribution >= 0.6 is 0 Å². The molecule has 2 N–H and O–H groups in total. The molecule has 0 amide bonds. The Balaban J connectivity index is 0. The Morgan fingerprint density at radius 2 is 2.00 bits per heavy atom. The van der Waals surface area contributed by atoms with Crippen molar-refractivity contribution in [2.24, 2.45) is 5.73 Å². The second kappa shape index (κ2) is 11.4. The minimum atomic E-state index is 0.0402. The lowest BCUT2D eigenvalue weighted by Gasteiger charge is -1.95. The normalized spacial score (nSPS) is 8.00. The van der Waals surface area contributed by atoms with Gasteiger partial charge in [-0.15, -0.1) is 0 Å². The van der Waals surface area contributed by atoms with Crippen molar-refractivity contribution in [2.75, 3.05) is 19.8 Å². The maximum Gasteiger partial charge on any atom is 0.155 e. The molecular weight excluding hydrogens is 130 g/mol. The fraction of sp³-hybridized carbons (Fsp3) is 0.857. The molecule has 0 aromatic carbocycles. The van der Waals surface area contributed by atoms with Gasteiger partial charge in [-0.1, -0.05) is 13.8 Å². The van der Waals surface area contributed by atoms with E-state index >= 15 is 0 Å². The summed E-state index contributed by atoms with van der Waals surface area (Å²) < 4.78 is 4.77. The van der Waals surface area contributed by atoms with Crippen molar-refractivity contribution in [2.45, 2.75) is 20.8 Å². The van der Waals surface area contributed by atoms with E-state index in [9.17, 15) is 4.79 Å². The second-order valence-electron chi connectivity index (χ2n) is 1.54. The predicted molar refractivity (Wildman–Crippen MR) is 41.9 cm³/mol. The van der Waals surface area contributed by atoms with Gasteiger partial charge >= 0.3 is 0 Å². The van der Waals surface area contributed by atoms with Crippen LogP contribution in [0.15, 0.2) is 0 Å². The fourth-order valence-corrected chi connectivity index (χ4v) is 0.299. The zero-order chi connectivity index (χ0) is 8.41. The lowest BCUT2D eigenvalue weighted by Crippen LogP contribution is -2.12. The molecule has 0 rings (SSSR count). The van der Waals surface area contributed by atoms with E-state index in [0.717, 1.165) is 0 Å². The van der Waals surface area contributed by atoms with Crippen LogP contribution in [0, 0.1) is 0 Å². The second-order valence-corrected chi connectivity index (χ2v) is 1.54. The molecule has 0 saturated carbocycles. The summed E-state index contributed by atoms with van der Waals surface area (Å²) in [6.07, 6.45) is 0. The number of Topliss-reactive ketones (excluding diaryl/α,β-unsaturated/α-hetero) is 1. The Kier molecular flexibility index (Phi) is 14.0. The van der Waals surface area contributed by atoms with Crippen LogP contribution in [0.1, 0.15) is 20.8 Å². The fourth-order valence-electron chi connectivity index (χ4n) is 0.299. The molecule has 3 heteroatoms. The van der Waals surface area contributed by atoms with Gasteiger partial charge in [0.1, 0.15) is 6.61 Å². The molecule has 0 saturated heterocycles. The molecular formula is C7H17NO2. The molecule has 0 unspecified atom stereocenters. The highest BCUT2D eigenvalue weighted by molar-refractivity contribution is 5.76. The first-order chi connectivity index (χ1) is 4.77.